The molecule has 2 rings (SSSR count). The van der Waals surface area contributed by atoms with Crippen molar-refractivity contribution in [2.45, 2.75) is 31.9 Å². The third-order valence-electron chi connectivity index (χ3n) is 3.16. The third-order valence-corrected chi connectivity index (χ3v) is 3.16. The van der Waals surface area contributed by atoms with Gasteiger partial charge in [-0.05, 0) is 31.9 Å². The number of ether oxygens (including phenoxy) is 1. The fourth-order valence-corrected chi connectivity index (χ4v) is 2.10. The SMILES string of the molecule is COc1cccc(N(C)C2CC2)c1[C@H](C)O. The van der Waals surface area contributed by atoms with E-state index in [9.17, 15) is 5.11 Å². The summed E-state index contributed by atoms with van der Waals surface area (Å²) in [5.41, 5.74) is 1.97. The summed E-state index contributed by atoms with van der Waals surface area (Å²) >= 11 is 0. The maximum absolute atomic E-state index is 9.86. The number of nitrogens with zero attached hydrogens (tertiary/aromatic N) is 1. The number of hydrogen-bond donors (Lipinski definition) is 1. The van der Waals surface area contributed by atoms with E-state index >= 15 is 0 Å². The minimum atomic E-state index is -0.507. The summed E-state index contributed by atoms with van der Waals surface area (Å²) in [4.78, 5) is 2.24. The number of rotatable bonds is 4. The fraction of sp³-hybridized carbons (Fsp3) is 0.538. The molecule has 0 radical (unpaired) electrons. The molecular formula is C13H19NO2. The number of hydrogen-bond acceptors (Lipinski definition) is 3. The van der Waals surface area contributed by atoms with E-state index in [2.05, 4.69) is 11.9 Å². The standard InChI is InChI=1S/C13H19NO2/c1-9(15)13-11(14(2)10-7-8-10)5-4-6-12(13)16-3/h4-6,9-10,15H,7-8H2,1-3H3/t9-/m0/s1. The van der Waals surface area contributed by atoms with Gasteiger partial charge in [-0.1, -0.05) is 6.07 Å². The molecule has 1 aromatic carbocycles. The van der Waals surface area contributed by atoms with Crippen LogP contribution in [-0.2, 0) is 0 Å². The molecule has 0 spiro atoms. The van der Waals surface area contributed by atoms with Crippen molar-refractivity contribution in [1.29, 1.82) is 0 Å². The maximum atomic E-state index is 9.86. The number of aliphatic hydroxyl groups excluding tert-OH is 1. The monoisotopic (exact) mass is 221 g/mol. The summed E-state index contributed by atoms with van der Waals surface area (Å²) in [7, 11) is 3.72. The van der Waals surface area contributed by atoms with Crippen molar-refractivity contribution in [3.8, 4) is 5.75 Å². The Balaban J connectivity index is 2.41. The predicted molar refractivity (Wildman–Crippen MR) is 65.1 cm³/mol. The predicted octanol–water partition coefficient (Wildman–Crippen LogP) is 2.35. The van der Waals surface area contributed by atoms with Crippen LogP contribution in [0.4, 0.5) is 5.69 Å². The van der Waals surface area contributed by atoms with Crippen LogP contribution >= 0.6 is 0 Å². The summed E-state index contributed by atoms with van der Waals surface area (Å²) in [6, 6.07) is 6.54. The number of anilines is 1. The Morgan fingerprint density at radius 3 is 2.62 bits per heavy atom. The molecule has 1 aliphatic carbocycles. The highest BCUT2D eigenvalue weighted by Gasteiger charge is 2.29. The van der Waals surface area contributed by atoms with Crippen molar-refractivity contribution in [3.05, 3.63) is 23.8 Å². The Labute approximate surface area is 96.6 Å². The van der Waals surface area contributed by atoms with Crippen LogP contribution in [0.2, 0.25) is 0 Å². The van der Waals surface area contributed by atoms with E-state index in [1.165, 1.54) is 12.8 Å². The van der Waals surface area contributed by atoms with Gasteiger partial charge in [0.25, 0.3) is 0 Å². The Kier molecular flexibility index (Phi) is 3.06. The van der Waals surface area contributed by atoms with E-state index in [1.54, 1.807) is 14.0 Å². The van der Waals surface area contributed by atoms with Crippen molar-refractivity contribution in [2.24, 2.45) is 0 Å². The molecule has 0 aliphatic heterocycles. The Hall–Kier alpha value is -1.22. The molecule has 16 heavy (non-hydrogen) atoms. The van der Waals surface area contributed by atoms with E-state index in [0.717, 1.165) is 17.0 Å². The first kappa shape index (κ1) is 11.3. The van der Waals surface area contributed by atoms with Crippen molar-refractivity contribution >= 4 is 5.69 Å². The molecule has 3 heteroatoms. The lowest BCUT2D eigenvalue weighted by Gasteiger charge is -2.24. The average Bonchev–Trinajstić information content (AvgIpc) is 3.10. The van der Waals surface area contributed by atoms with Crippen molar-refractivity contribution in [2.75, 3.05) is 19.1 Å². The van der Waals surface area contributed by atoms with Gasteiger partial charge in [0.2, 0.25) is 0 Å². The second kappa shape index (κ2) is 4.34. The lowest BCUT2D eigenvalue weighted by Crippen LogP contribution is -2.21. The molecular weight excluding hydrogens is 202 g/mol. The fourth-order valence-electron chi connectivity index (χ4n) is 2.10. The minimum absolute atomic E-state index is 0.507. The molecule has 1 atom stereocenters. The second-order valence-corrected chi connectivity index (χ2v) is 4.41. The average molecular weight is 221 g/mol. The smallest absolute Gasteiger partial charge is 0.126 e. The van der Waals surface area contributed by atoms with Gasteiger partial charge in [0.05, 0.1) is 13.2 Å². The second-order valence-electron chi connectivity index (χ2n) is 4.41. The van der Waals surface area contributed by atoms with Crippen LogP contribution in [0.15, 0.2) is 18.2 Å². The lowest BCUT2D eigenvalue weighted by atomic mass is 10.1. The van der Waals surface area contributed by atoms with E-state index in [0.29, 0.717) is 6.04 Å². The first-order valence-corrected chi connectivity index (χ1v) is 5.73. The molecule has 3 nitrogen and oxygen atoms in total. The highest BCUT2D eigenvalue weighted by molar-refractivity contribution is 5.61. The summed E-state index contributed by atoms with van der Waals surface area (Å²) in [5.74, 6) is 0.764. The zero-order valence-corrected chi connectivity index (χ0v) is 10.1. The molecule has 0 bridgehead atoms. The van der Waals surface area contributed by atoms with Crippen LogP contribution in [0.25, 0.3) is 0 Å². The Morgan fingerprint density at radius 2 is 2.12 bits per heavy atom. The molecule has 0 amide bonds. The van der Waals surface area contributed by atoms with Crippen molar-refractivity contribution in [3.63, 3.8) is 0 Å². The molecule has 0 heterocycles. The number of benzene rings is 1. The van der Waals surface area contributed by atoms with Gasteiger partial charge < -0.3 is 14.7 Å². The quantitative estimate of drug-likeness (QED) is 0.847. The number of methoxy groups -OCH3 is 1. The van der Waals surface area contributed by atoms with Gasteiger partial charge in [0, 0.05) is 24.3 Å². The number of aliphatic hydroxyl groups is 1. The van der Waals surface area contributed by atoms with Crippen LogP contribution in [0.3, 0.4) is 0 Å². The lowest BCUT2D eigenvalue weighted by molar-refractivity contribution is 0.194. The molecule has 1 aromatic rings. The van der Waals surface area contributed by atoms with Crippen LogP contribution in [0, 0.1) is 0 Å². The highest BCUT2D eigenvalue weighted by Crippen LogP contribution is 2.38. The van der Waals surface area contributed by atoms with Crippen LogP contribution < -0.4 is 9.64 Å². The molecule has 1 fully saturated rings. The van der Waals surface area contributed by atoms with Gasteiger partial charge >= 0.3 is 0 Å². The highest BCUT2D eigenvalue weighted by atomic mass is 16.5. The molecule has 1 aliphatic rings. The van der Waals surface area contributed by atoms with Gasteiger partial charge in [0.1, 0.15) is 5.75 Å². The van der Waals surface area contributed by atoms with Gasteiger partial charge in [-0.3, -0.25) is 0 Å². The topological polar surface area (TPSA) is 32.7 Å². The summed E-state index contributed by atoms with van der Waals surface area (Å²) in [6.45, 7) is 1.78. The molecule has 1 saturated carbocycles. The third kappa shape index (κ3) is 2.00. The van der Waals surface area contributed by atoms with E-state index in [1.807, 2.05) is 18.2 Å². The molecule has 0 aromatic heterocycles. The van der Waals surface area contributed by atoms with Gasteiger partial charge in [0.15, 0.2) is 0 Å². The molecule has 0 saturated heterocycles. The summed E-state index contributed by atoms with van der Waals surface area (Å²) in [6.07, 6.45) is 1.98. The molecule has 1 N–H and O–H groups in total. The Bertz CT molecular complexity index is 372. The van der Waals surface area contributed by atoms with Gasteiger partial charge in [-0.15, -0.1) is 0 Å². The van der Waals surface area contributed by atoms with Crippen LogP contribution in [-0.4, -0.2) is 25.3 Å². The Morgan fingerprint density at radius 1 is 1.44 bits per heavy atom. The van der Waals surface area contributed by atoms with Crippen LogP contribution in [0.5, 0.6) is 5.75 Å². The van der Waals surface area contributed by atoms with E-state index in [4.69, 9.17) is 4.74 Å². The summed E-state index contributed by atoms with van der Waals surface area (Å²) in [5, 5.41) is 9.86. The normalized spacial score (nSPS) is 17.0. The molecule has 88 valence electrons. The van der Waals surface area contributed by atoms with E-state index < -0.39 is 6.10 Å². The maximum Gasteiger partial charge on any atom is 0.126 e. The minimum Gasteiger partial charge on any atom is -0.496 e. The first-order valence-electron chi connectivity index (χ1n) is 5.73. The van der Waals surface area contributed by atoms with Crippen LogP contribution in [0.1, 0.15) is 31.4 Å². The zero-order valence-electron chi connectivity index (χ0n) is 10.1. The van der Waals surface area contributed by atoms with Crippen molar-refractivity contribution < 1.29 is 9.84 Å². The van der Waals surface area contributed by atoms with Crippen molar-refractivity contribution in [1.82, 2.24) is 0 Å². The first-order chi connectivity index (χ1) is 7.65. The van der Waals surface area contributed by atoms with E-state index in [-0.39, 0.29) is 0 Å². The van der Waals surface area contributed by atoms with Gasteiger partial charge in [-0.25, -0.2) is 0 Å². The molecule has 0 unspecified atom stereocenters. The van der Waals surface area contributed by atoms with Gasteiger partial charge in [-0.2, -0.15) is 0 Å². The zero-order chi connectivity index (χ0) is 11.7. The summed E-state index contributed by atoms with van der Waals surface area (Å²) < 4.78 is 5.31. The largest absolute Gasteiger partial charge is 0.496 e.